The lowest BCUT2D eigenvalue weighted by Gasteiger charge is -2.14. The van der Waals surface area contributed by atoms with E-state index in [0.717, 1.165) is 18.9 Å². The number of amidine groups is 1. The topological polar surface area (TPSA) is 33.6 Å². The third-order valence-corrected chi connectivity index (χ3v) is 2.65. The Morgan fingerprint density at radius 1 is 1.53 bits per heavy atom. The predicted octanol–water partition coefficient (Wildman–Crippen LogP) is 2.10. The average Bonchev–Trinajstić information content (AvgIpc) is 2.73. The van der Waals surface area contributed by atoms with Gasteiger partial charge in [-0.25, -0.2) is 4.39 Å². The molecule has 0 atom stereocenters. The maximum absolute atomic E-state index is 13.1. The van der Waals surface area contributed by atoms with Gasteiger partial charge in [-0.05, 0) is 6.42 Å². The van der Waals surface area contributed by atoms with Crippen molar-refractivity contribution in [3.05, 3.63) is 22.7 Å². The van der Waals surface area contributed by atoms with Gasteiger partial charge in [-0.2, -0.15) is 0 Å². The molecule has 1 aliphatic carbocycles. The monoisotopic (exact) mass is 230 g/mol. The van der Waals surface area contributed by atoms with Crippen molar-refractivity contribution < 1.29 is 9.13 Å². The van der Waals surface area contributed by atoms with Crippen LogP contribution >= 0.6 is 11.6 Å². The molecule has 3 nitrogen and oxygen atoms in total. The standard InChI is InChI=1S/C10H12ClFN2O/c11-8-2-1-7(5-9(8)12)15-6-10-13-3-4-14-10/h5H,1-4,6H2,(H,13,14). The third kappa shape index (κ3) is 2.72. The third-order valence-electron chi connectivity index (χ3n) is 2.28. The lowest BCUT2D eigenvalue weighted by Crippen LogP contribution is -2.23. The van der Waals surface area contributed by atoms with Gasteiger partial charge in [0, 0.05) is 19.0 Å². The van der Waals surface area contributed by atoms with Gasteiger partial charge in [-0.3, -0.25) is 4.99 Å². The van der Waals surface area contributed by atoms with E-state index >= 15 is 0 Å². The number of nitrogens with zero attached hydrogens (tertiary/aromatic N) is 1. The highest BCUT2D eigenvalue weighted by molar-refractivity contribution is 6.30. The SMILES string of the molecule is FC1=C(Cl)CCC(OCC2=NCCN2)=C1. The van der Waals surface area contributed by atoms with Crippen LogP contribution in [0.1, 0.15) is 12.8 Å². The molecular formula is C10H12ClFN2O. The van der Waals surface area contributed by atoms with Gasteiger partial charge in [-0.1, -0.05) is 11.6 Å². The largest absolute Gasteiger partial charge is 0.490 e. The van der Waals surface area contributed by atoms with Crippen LogP contribution in [0.5, 0.6) is 0 Å². The molecule has 0 unspecified atom stereocenters. The van der Waals surface area contributed by atoms with E-state index in [9.17, 15) is 4.39 Å². The second-order valence-corrected chi connectivity index (χ2v) is 3.86. The molecule has 5 heteroatoms. The highest BCUT2D eigenvalue weighted by atomic mass is 35.5. The van der Waals surface area contributed by atoms with Gasteiger partial charge in [-0.15, -0.1) is 0 Å². The van der Waals surface area contributed by atoms with Crippen LogP contribution in [-0.4, -0.2) is 25.5 Å². The summed E-state index contributed by atoms with van der Waals surface area (Å²) in [6, 6.07) is 0. The van der Waals surface area contributed by atoms with E-state index in [1.165, 1.54) is 6.08 Å². The first kappa shape index (κ1) is 10.5. The van der Waals surface area contributed by atoms with Crippen molar-refractivity contribution in [1.29, 1.82) is 0 Å². The van der Waals surface area contributed by atoms with Crippen molar-refractivity contribution in [3.8, 4) is 0 Å². The summed E-state index contributed by atoms with van der Waals surface area (Å²) in [4.78, 5) is 4.18. The zero-order valence-corrected chi connectivity index (χ0v) is 8.98. The summed E-state index contributed by atoms with van der Waals surface area (Å²) in [6.45, 7) is 2.03. The number of aliphatic imine (C=N–C) groups is 1. The normalized spacial score (nSPS) is 20.9. The van der Waals surface area contributed by atoms with Crippen molar-refractivity contribution >= 4 is 17.4 Å². The molecule has 1 N–H and O–H groups in total. The molecule has 15 heavy (non-hydrogen) atoms. The Balaban J connectivity index is 1.87. The average molecular weight is 231 g/mol. The molecule has 0 aromatic heterocycles. The van der Waals surface area contributed by atoms with Crippen LogP contribution in [0.4, 0.5) is 4.39 Å². The smallest absolute Gasteiger partial charge is 0.145 e. The molecule has 0 bridgehead atoms. The Kier molecular flexibility index (Phi) is 3.26. The van der Waals surface area contributed by atoms with Crippen molar-refractivity contribution in [1.82, 2.24) is 5.32 Å². The molecule has 0 spiro atoms. The Bertz CT molecular complexity index is 349. The van der Waals surface area contributed by atoms with Gasteiger partial charge in [0.05, 0.1) is 17.3 Å². The quantitative estimate of drug-likeness (QED) is 0.806. The van der Waals surface area contributed by atoms with E-state index in [2.05, 4.69) is 10.3 Å². The van der Waals surface area contributed by atoms with Crippen LogP contribution in [0.2, 0.25) is 0 Å². The maximum atomic E-state index is 13.1. The van der Waals surface area contributed by atoms with Gasteiger partial charge < -0.3 is 10.1 Å². The second-order valence-electron chi connectivity index (χ2n) is 3.41. The number of allylic oxidation sites excluding steroid dienone is 4. The molecule has 0 aromatic carbocycles. The molecule has 0 saturated heterocycles. The number of ether oxygens (including phenoxy) is 1. The molecule has 2 rings (SSSR count). The Morgan fingerprint density at radius 2 is 2.40 bits per heavy atom. The lowest BCUT2D eigenvalue weighted by molar-refractivity contribution is 0.242. The summed E-state index contributed by atoms with van der Waals surface area (Å²) in [5.74, 6) is 1.07. The zero-order valence-electron chi connectivity index (χ0n) is 8.22. The van der Waals surface area contributed by atoms with Crippen LogP contribution in [0.15, 0.2) is 27.7 Å². The Labute approximate surface area is 92.7 Å². The molecule has 2 aliphatic rings. The molecule has 0 amide bonds. The van der Waals surface area contributed by atoms with Crippen molar-refractivity contribution in [2.75, 3.05) is 19.7 Å². The van der Waals surface area contributed by atoms with Crippen LogP contribution in [-0.2, 0) is 4.74 Å². The molecule has 1 aliphatic heterocycles. The zero-order chi connectivity index (χ0) is 10.7. The molecule has 0 fully saturated rings. The fraction of sp³-hybridized carbons (Fsp3) is 0.500. The van der Waals surface area contributed by atoms with Gasteiger partial charge in [0.15, 0.2) is 0 Å². The minimum Gasteiger partial charge on any atom is -0.490 e. The summed E-state index contributed by atoms with van der Waals surface area (Å²) in [5.41, 5.74) is 0. The van der Waals surface area contributed by atoms with Crippen LogP contribution in [0.25, 0.3) is 0 Å². The fourth-order valence-corrected chi connectivity index (χ4v) is 1.61. The summed E-state index contributed by atoms with van der Waals surface area (Å²) in [5, 5.41) is 3.36. The van der Waals surface area contributed by atoms with Crippen molar-refractivity contribution in [3.63, 3.8) is 0 Å². The number of rotatable bonds is 3. The summed E-state index contributed by atoms with van der Waals surface area (Å²) in [7, 11) is 0. The Hall–Kier alpha value is -1.03. The van der Waals surface area contributed by atoms with E-state index < -0.39 is 0 Å². The lowest BCUT2D eigenvalue weighted by atomic mass is 10.1. The molecular weight excluding hydrogens is 219 g/mol. The second kappa shape index (κ2) is 4.66. The van der Waals surface area contributed by atoms with E-state index in [4.69, 9.17) is 16.3 Å². The predicted molar refractivity (Wildman–Crippen MR) is 57.6 cm³/mol. The highest BCUT2D eigenvalue weighted by Gasteiger charge is 2.14. The summed E-state index contributed by atoms with van der Waals surface area (Å²) in [6.07, 6.45) is 2.51. The van der Waals surface area contributed by atoms with E-state index in [1.54, 1.807) is 0 Å². The van der Waals surface area contributed by atoms with E-state index in [0.29, 0.717) is 25.2 Å². The van der Waals surface area contributed by atoms with Crippen molar-refractivity contribution in [2.24, 2.45) is 4.99 Å². The Morgan fingerprint density at radius 3 is 3.07 bits per heavy atom. The van der Waals surface area contributed by atoms with E-state index in [1.807, 2.05) is 0 Å². The highest BCUT2D eigenvalue weighted by Crippen LogP contribution is 2.27. The van der Waals surface area contributed by atoms with Gasteiger partial charge in [0.2, 0.25) is 0 Å². The first-order valence-electron chi connectivity index (χ1n) is 4.90. The summed E-state index contributed by atoms with van der Waals surface area (Å²) >= 11 is 5.63. The van der Waals surface area contributed by atoms with Crippen molar-refractivity contribution in [2.45, 2.75) is 12.8 Å². The first-order chi connectivity index (χ1) is 7.25. The fourth-order valence-electron chi connectivity index (χ4n) is 1.46. The molecule has 1 heterocycles. The van der Waals surface area contributed by atoms with Gasteiger partial charge in [0.1, 0.15) is 18.3 Å². The molecule has 82 valence electrons. The van der Waals surface area contributed by atoms with Gasteiger partial charge >= 0.3 is 0 Å². The van der Waals surface area contributed by atoms with Crippen LogP contribution in [0, 0.1) is 0 Å². The maximum Gasteiger partial charge on any atom is 0.145 e. The first-order valence-corrected chi connectivity index (χ1v) is 5.28. The van der Waals surface area contributed by atoms with Gasteiger partial charge in [0.25, 0.3) is 0 Å². The number of halogens is 2. The minimum atomic E-state index is -0.390. The molecule has 0 saturated carbocycles. The van der Waals surface area contributed by atoms with Crippen LogP contribution < -0.4 is 5.32 Å². The number of nitrogens with one attached hydrogen (secondary N) is 1. The number of hydrogen-bond donors (Lipinski definition) is 1. The van der Waals surface area contributed by atoms with E-state index in [-0.39, 0.29) is 10.9 Å². The molecule has 0 radical (unpaired) electrons. The molecule has 0 aromatic rings. The van der Waals surface area contributed by atoms with Crippen LogP contribution in [0.3, 0.4) is 0 Å². The minimum absolute atomic E-state index is 0.277. The number of hydrogen-bond acceptors (Lipinski definition) is 3. The summed E-state index contributed by atoms with van der Waals surface area (Å²) < 4.78 is 18.5.